The monoisotopic (exact) mass is 603 g/mol. The zero-order valence-electron chi connectivity index (χ0n) is 23.8. The fourth-order valence-electron chi connectivity index (χ4n) is 6.97. The highest BCUT2D eigenvalue weighted by Gasteiger charge is 2.41. The van der Waals surface area contributed by atoms with Gasteiger partial charge in [-0.3, -0.25) is 9.59 Å². The van der Waals surface area contributed by atoms with E-state index in [0.717, 1.165) is 24.3 Å². The minimum absolute atomic E-state index is 0.0411. The molecule has 10 nitrogen and oxygen atoms in total. The highest BCUT2D eigenvalue weighted by atomic mass is 35.5. The molecule has 2 N–H and O–H groups in total. The summed E-state index contributed by atoms with van der Waals surface area (Å²) >= 11 is 6.01. The van der Waals surface area contributed by atoms with E-state index in [2.05, 4.69) is 15.5 Å². The molecule has 7 rings (SSSR count). The SMILES string of the molecule is O=C(Nc1ccc(Cl)cc1)Nc1cc(C(=O)N2CCC3(CC2)OCCO3)ccc1N1CC2CC(C1)c1cccc(=O)n1C2. The zero-order chi connectivity index (χ0) is 29.6. The van der Waals surface area contributed by atoms with Gasteiger partial charge in [0.1, 0.15) is 0 Å². The number of amides is 3. The number of benzene rings is 2. The van der Waals surface area contributed by atoms with Crippen LogP contribution in [0.2, 0.25) is 5.02 Å². The molecule has 11 heteroatoms. The van der Waals surface area contributed by atoms with E-state index in [4.69, 9.17) is 21.1 Å². The quantitative estimate of drug-likeness (QED) is 0.446. The molecule has 3 fully saturated rings. The Morgan fingerprint density at radius 3 is 2.44 bits per heavy atom. The summed E-state index contributed by atoms with van der Waals surface area (Å²) in [7, 11) is 0. The number of hydrogen-bond acceptors (Lipinski definition) is 6. The number of hydrogen-bond donors (Lipinski definition) is 2. The molecule has 43 heavy (non-hydrogen) atoms. The lowest BCUT2D eigenvalue weighted by Crippen LogP contribution is -2.47. The van der Waals surface area contributed by atoms with Crippen molar-refractivity contribution < 1.29 is 19.1 Å². The van der Waals surface area contributed by atoms with Crippen LogP contribution in [0.5, 0.6) is 0 Å². The van der Waals surface area contributed by atoms with Gasteiger partial charge in [0.25, 0.3) is 11.5 Å². The average Bonchev–Trinajstić information content (AvgIpc) is 3.46. The smallest absolute Gasteiger partial charge is 0.323 e. The maximum absolute atomic E-state index is 13.6. The van der Waals surface area contributed by atoms with Gasteiger partial charge in [-0.15, -0.1) is 0 Å². The Labute approximate surface area is 254 Å². The van der Waals surface area contributed by atoms with Crippen LogP contribution in [0.4, 0.5) is 21.9 Å². The maximum atomic E-state index is 13.6. The van der Waals surface area contributed by atoms with Gasteiger partial charge in [0.15, 0.2) is 5.79 Å². The third-order valence-corrected chi connectivity index (χ3v) is 9.29. The molecule has 1 aromatic heterocycles. The molecule has 224 valence electrons. The lowest BCUT2D eigenvalue weighted by molar-refractivity contribution is -0.181. The van der Waals surface area contributed by atoms with Gasteiger partial charge in [-0.05, 0) is 60.9 Å². The molecule has 1 spiro atoms. The highest BCUT2D eigenvalue weighted by Crippen LogP contribution is 2.40. The van der Waals surface area contributed by atoms with Crippen LogP contribution in [0.15, 0.2) is 65.5 Å². The minimum Gasteiger partial charge on any atom is -0.369 e. The summed E-state index contributed by atoms with van der Waals surface area (Å²) in [5.74, 6) is -0.170. The second-order valence-electron chi connectivity index (χ2n) is 11.8. The van der Waals surface area contributed by atoms with Crippen molar-refractivity contribution in [3.05, 3.63) is 87.3 Å². The number of nitrogens with one attached hydrogen (secondary N) is 2. The van der Waals surface area contributed by atoms with Crippen molar-refractivity contribution in [2.75, 3.05) is 54.9 Å². The summed E-state index contributed by atoms with van der Waals surface area (Å²) in [6.45, 7) is 4.36. The van der Waals surface area contributed by atoms with E-state index in [-0.39, 0.29) is 17.4 Å². The molecule has 2 unspecified atom stereocenters. The first-order valence-corrected chi connectivity index (χ1v) is 15.2. The summed E-state index contributed by atoms with van der Waals surface area (Å²) < 4.78 is 13.6. The topological polar surface area (TPSA) is 105 Å². The predicted octanol–water partition coefficient (Wildman–Crippen LogP) is 4.75. The van der Waals surface area contributed by atoms with Crippen molar-refractivity contribution in [2.45, 2.75) is 37.5 Å². The van der Waals surface area contributed by atoms with Gasteiger partial charge in [0.2, 0.25) is 0 Å². The van der Waals surface area contributed by atoms with E-state index >= 15 is 0 Å². The van der Waals surface area contributed by atoms with Crippen molar-refractivity contribution in [1.82, 2.24) is 9.47 Å². The number of nitrogens with zero attached hydrogens (tertiary/aromatic N) is 3. The Bertz CT molecular complexity index is 1590. The number of carbonyl (C=O) groups excluding carboxylic acids is 2. The second-order valence-corrected chi connectivity index (χ2v) is 12.3. The fraction of sp³-hybridized carbons (Fsp3) is 0.406. The number of aromatic nitrogens is 1. The van der Waals surface area contributed by atoms with Gasteiger partial charge >= 0.3 is 6.03 Å². The standard InChI is InChI=1S/C32H34ClN5O5/c33-24-5-7-25(8-6-24)34-31(41)35-26-17-22(30(40)36-12-10-32(11-13-36)42-14-15-43-32)4-9-28(26)37-18-21-16-23(20-37)27-2-1-3-29(39)38(27)19-21/h1-9,17,21,23H,10-16,18-20H2,(H2,34,35,41). The Hall–Kier alpha value is -3.86. The van der Waals surface area contributed by atoms with E-state index in [1.807, 2.05) is 33.7 Å². The lowest BCUT2D eigenvalue weighted by Gasteiger charge is -2.44. The number of urea groups is 1. The first-order chi connectivity index (χ1) is 20.9. The van der Waals surface area contributed by atoms with E-state index in [0.29, 0.717) is 80.1 Å². The fourth-order valence-corrected chi connectivity index (χ4v) is 7.10. The van der Waals surface area contributed by atoms with Crippen LogP contribution >= 0.6 is 11.6 Å². The summed E-state index contributed by atoms with van der Waals surface area (Å²) in [5.41, 5.74) is 3.59. The highest BCUT2D eigenvalue weighted by molar-refractivity contribution is 6.30. The van der Waals surface area contributed by atoms with Crippen LogP contribution in [0.1, 0.15) is 41.2 Å². The third-order valence-electron chi connectivity index (χ3n) is 9.04. The first-order valence-electron chi connectivity index (χ1n) is 14.9. The van der Waals surface area contributed by atoms with Crippen molar-refractivity contribution in [3.63, 3.8) is 0 Å². The number of halogens is 1. The Morgan fingerprint density at radius 1 is 0.907 bits per heavy atom. The summed E-state index contributed by atoms with van der Waals surface area (Å²) in [6.07, 6.45) is 2.28. The van der Waals surface area contributed by atoms with Crippen LogP contribution in [0, 0.1) is 5.92 Å². The molecule has 0 aliphatic carbocycles. The Kier molecular flexibility index (Phi) is 7.36. The summed E-state index contributed by atoms with van der Waals surface area (Å²) in [6, 6.07) is 17.5. The number of piperidine rings is 2. The summed E-state index contributed by atoms with van der Waals surface area (Å²) in [5, 5.41) is 6.45. The molecule has 0 radical (unpaired) electrons. The number of rotatable bonds is 4. The third kappa shape index (κ3) is 5.62. The number of ether oxygens (including phenoxy) is 2. The molecule has 2 bridgehead atoms. The molecular formula is C32H34ClN5O5. The summed E-state index contributed by atoms with van der Waals surface area (Å²) in [4.78, 5) is 43.5. The number of likely N-dealkylation sites (tertiary alicyclic amines) is 1. The van der Waals surface area contributed by atoms with Crippen LogP contribution in [0.3, 0.4) is 0 Å². The van der Waals surface area contributed by atoms with E-state index < -0.39 is 11.8 Å². The van der Waals surface area contributed by atoms with Crippen LogP contribution in [-0.2, 0) is 16.0 Å². The van der Waals surface area contributed by atoms with Gasteiger partial charge in [0, 0.05) is 79.5 Å². The van der Waals surface area contributed by atoms with Crippen LogP contribution in [-0.4, -0.2) is 66.6 Å². The molecule has 2 aromatic carbocycles. The van der Waals surface area contributed by atoms with Gasteiger partial charge in [0.05, 0.1) is 24.6 Å². The van der Waals surface area contributed by atoms with E-state index in [9.17, 15) is 14.4 Å². The lowest BCUT2D eigenvalue weighted by atomic mass is 9.83. The van der Waals surface area contributed by atoms with Crippen molar-refractivity contribution in [3.8, 4) is 0 Å². The molecule has 3 saturated heterocycles. The second kappa shape index (κ2) is 11.3. The number of anilines is 3. The van der Waals surface area contributed by atoms with Gasteiger partial charge in [-0.25, -0.2) is 4.79 Å². The maximum Gasteiger partial charge on any atom is 0.323 e. The van der Waals surface area contributed by atoms with Gasteiger partial charge < -0.3 is 34.5 Å². The zero-order valence-corrected chi connectivity index (χ0v) is 24.5. The molecule has 4 aliphatic heterocycles. The molecule has 0 saturated carbocycles. The number of fused-ring (bicyclic) bond motifs is 4. The molecule has 3 amide bonds. The van der Waals surface area contributed by atoms with Crippen molar-refractivity contribution in [2.24, 2.45) is 5.92 Å². The molecule has 2 atom stereocenters. The average molecular weight is 604 g/mol. The molecular weight excluding hydrogens is 570 g/mol. The van der Waals surface area contributed by atoms with Gasteiger partial charge in [-0.2, -0.15) is 0 Å². The molecule has 5 heterocycles. The van der Waals surface area contributed by atoms with Crippen LogP contribution < -0.4 is 21.1 Å². The van der Waals surface area contributed by atoms with Crippen LogP contribution in [0.25, 0.3) is 0 Å². The normalized spacial score (nSPS) is 22.3. The Balaban J connectivity index is 1.15. The predicted molar refractivity (Wildman–Crippen MR) is 164 cm³/mol. The molecule has 3 aromatic rings. The number of pyridine rings is 1. The van der Waals surface area contributed by atoms with Gasteiger partial charge in [-0.1, -0.05) is 17.7 Å². The number of carbonyl (C=O) groups is 2. The van der Waals surface area contributed by atoms with E-state index in [1.54, 1.807) is 36.4 Å². The van der Waals surface area contributed by atoms with Crippen molar-refractivity contribution >= 4 is 40.6 Å². The largest absolute Gasteiger partial charge is 0.369 e. The minimum atomic E-state index is -0.566. The molecule has 4 aliphatic rings. The first kappa shape index (κ1) is 27.9. The Morgan fingerprint density at radius 2 is 1.67 bits per heavy atom. The van der Waals surface area contributed by atoms with E-state index in [1.165, 1.54) is 0 Å². The van der Waals surface area contributed by atoms with Crippen molar-refractivity contribution in [1.29, 1.82) is 0 Å².